The van der Waals surface area contributed by atoms with Crippen molar-refractivity contribution in [2.45, 2.75) is 77.0 Å². The molecule has 2 fully saturated rings. The first-order valence-electron chi connectivity index (χ1n) is 8.84. The number of aryl methyl sites for hydroxylation is 1. The van der Waals surface area contributed by atoms with Gasteiger partial charge in [-0.25, -0.2) is 4.79 Å². The molecule has 3 rings (SSSR count). The van der Waals surface area contributed by atoms with Gasteiger partial charge in [0.25, 0.3) is 0 Å². The van der Waals surface area contributed by atoms with Crippen molar-refractivity contribution in [2.24, 2.45) is 0 Å². The minimum absolute atomic E-state index is 0.195. The van der Waals surface area contributed by atoms with Gasteiger partial charge in [-0.3, -0.25) is 0 Å². The third-order valence-corrected chi connectivity index (χ3v) is 4.72. The van der Waals surface area contributed by atoms with Gasteiger partial charge in [-0.1, -0.05) is 5.16 Å². The topological polar surface area (TPSA) is 80.5 Å². The minimum Gasteiger partial charge on any atom is -0.444 e. The van der Waals surface area contributed by atoms with Crippen molar-refractivity contribution in [3.8, 4) is 0 Å². The number of hydrogen-bond donors (Lipinski definition) is 1. The van der Waals surface area contributed by atoms with Crippen LogP contribution >= 0.6 is 0 Å². The molecule has 7 nitrogen and oxygen atoms in total. The van der Waals surface area contributed by atoms with Crippen molar-refractivity contribution in [2.75, 3.05) is 13.1 Å². The molecule has 24 heavy (non-hydrogen) atoms. The Morgan fingerprint density at radius 1 is 1.38 bits per heavy atom. The van der Waals surface area contributed by atoms with Crippen molar-refractivity contribution in [3.63, 3.8) is 0 Å². The molecule has 1 N–H and O–H groups in total. The van der Waals surface area contributed by atoms with Crippen LogP contribution in [0.3, 0.4) is 0 Å². The van der Waals surface area contributed by atoms with Gasteiger partial charge in [0.05, 0.1) is 5.54 Å². The zero-order valence-electron chi connectivity index (χ0n) is 15.1. The third kappa shape index (κ3) is 3.71. The number of likely N-dealkylation sites (tertiary alicyclic amines) is 1. The fourth-order valence-electron chi connectivity index (χ4n) is 3.43. The second-order valence-electron chi connectivity index (χ2n) is 7.98. The summed E-state index contributed by atoms with van der Waals surface area (Å²) >= 11 is 0. The second kappa shape index (κ2) is 6.35. The first-order valence-corrected chi connectivity index (χ1v) is 8.84. The SMILES string of the molecule is Cc1nc(C2(NC3CCCN(C(=O)OC(C)(C)C)C3)CCC2)no1. The van der Waals surface area contributed by atoms with E-state index >= 15 is 0 Å². The van der Waals surface area contributed by atoms with E-state index < -0.39 is 5.60 Å². The van der Waals surface area contributed by atoms with Crippen LogP contribution in [0, 0.1) is 6.92 Å². The summed E-state index contributed by atoms with van der Waals surface area (Å²) in [5.74, 6) is 1.35. The number of carbonyl (C=O) groups excluding carboxylic acids is 1. The molecule has 0 aromatic carbocycles. The molecule has 1 amide bonds. The first kappa shape index (κ1) is 17.2. The number of aromatic nitrogens is 2. The molecule has 1 saturated carbocycles. The highest BCUT2D eigenvalue weighted by molar-refractivity contribution is 5.68. The number of hydrogen-bond acceptors (Lipinski definition) is 6. The van der Waals surface area contributed by atoms with Crippen LogP contribution in [-0.2, 0) is 10.3 Å². The fourth-order valence-corrected chi connectivity index (χ4v) is 3.43. The van der Waals surface area contributed by atoms with Gasteiger partial charge in [0.2, 0.25) is 5.89 Å². The maximum Gasteiger partial charge on any atom is 0.410 e. The second-order valence-corrected chi connectivity index (χ2v) is 7.98. The van der Waals surface area contributed by atoms with Gasteiger partial charge in [0.1, 0.15) is 5.60 Å². The summed E-state index contributed by atoms with van der Waals surface area (Å²) in [4.78, 5) is 18.6. The number of nitrogens with one attached hydrogen (secondary N) is 1. The summed E-state index contributed by atoms with van der Waals surface area (Å²) in [5, 5.41) is 7.84. The molecule has 0 spiro atoms. The molecule has 134 valence electrons. The molecule has 2 heterocycles. The predicted octanol–water partition coefficient (Wildman–Crippen LogP) is 2.75. The average Bonchev–Trinajstić information content (AvgIpc) is 2.88. The normalized spacial score (nSPS) is 23.7. The van der Waals surface area contributed by atoms with Crippen LogP contribution in [0.5, 0.6) is 0 Å². The molecule has 0 radical (unpaired) electrons. The van der Waals surface area contributed by atoms with Gasteiger partial charge < -0.3 is 19.5 Å². The zero-order valence-corrected chi connectivity index (χ0v) is 15.1. The lowest BCUT2D eigenvalue weighted by molar-refractivity contribution is 0.0151. The molecule has 1 aliphatic heterocycles. The van der Waals surface area contributed by atoms with E-state index in [-0.39, 0.29) is 17.7 Å². The van der Waals surface area contributed by atoms with E-state index in [1.807, 2.05) is 27.7 Å². The number of rotatable bonds is 3. The Kier molecular flexibility index (Phi) is 4.55. The Bertz CT molecular complexity index is 589. The van der Waals surface area contributed by atoms with E-state index in [1.165, 1.54) is 0 Å². The lowest BCUT2D eigenvalue weighted by atomic mass is 9.75. The quantitative estimate of drug-likeness (QED) is 0.914. The fraction of sp³-hybridized carbons (Fsp3) is 0.824. The molecular weight excluding hydrogens is 308 g/mol. The number of carbonyl (C=O) groups is 1. The molecule has 0 bridgehead atoms. The monoisotopic (exact) mass is 336 g/mol. The Labute approximate surface area is 143 Å². The molecule has 1 aliphatic carbocycles. The summed E-state index contributed by atoms with van der Waals surface area (Å²) in [6.07, 6.45) is 4.95. The van der Waals surface area contributed by atoms with Gasteiger partial charge in [0.15, 0.2) is 5.82 Å². The Morgan fingerprint density at radius 3 is 2.67 bits per heavy atom. The molecular formula is C17H28N4O3. The van der Waals surface area contributed by atoms with Crippen LogP contribution in [0.15, 0.2) is 4.52 Å². The Hall–Kier alpha value is -1.63. The lowest BCUT2D eigenvalue weighted by Gasteiger charge is -2.45. The van der Waals surface area contributed by atoms with Crippen LogP contribution in [0.2, 0.25) is 0 Å². The third-order valence-electron chi connectivity index (χ3n) is 4.72. The molecule has 1 saturated heterocycles. The van der Waals surface area contributed by atoms with Gasteiger partial charge in [-0.15, -0.1) is 0 Å². The number of piperidine rings is 1. The highest BCUT2D eigenvalue weighted by Crippen LogP contribution is 2.40. The average molecular weight is 336 g/mol. The van der Waals surface area contributed by atoms with E-state index in [0.717, 1.165) is 44.5 Å². The van der Waals surface area contributed by atoms with E-state index in [9.17, 15) is 4.79 Å². The molecule has 1 aromatic rings. The van der Waals surface area contributed by atoms with Crippen LogP contribution in [0.25, 0.3) is 0 Å². The smallest absolute Gasteiger partial charge is 0.410 e. The predicted molar refractivity (Wildman–Crippen MR) is 88.5 cm³/mol. The van der Waals surface area contributed by atoms with Crippen LogP contribution in [-0.4, -0.2) is 45.9 Å². The van der Waals surface area contributed by atoms with Crippen molar-refractivity contribution < 1.29 is 14.1 Å². The number of nitrogens with zero attached hydrogens (tertiary/aromatic N) is 3. The van der Waals surface area contributed by atoms with Gasteiger partial charge in [0, 0.05) is 26.1 Å². The summed E-state index contributed by atoms with van der Waals surface area (Å²) in [6.45, 7) is 8.91. The minimum atomic E-state index is -0.463. The van der Waals surface area contributed by atoms with E-state index in [0.29, 0.717) is 12.4 Å². The van der Waals surface area contributed by atoms with Crippen molar-refractivity contribution in [3.05, 3.63) is 11.7 Å². The summed E-state index contributed by atoms with van der Waals surface area (Å²) in [6, 6.07) is 0.227. The Morgan fingerprint density at radius 2 is 2.12 bits per heavy atom. The molecule has 7 heteroatoms. The largest absolute Gasteiger partial charge is 0.444 e. The molecule has 1 atom stereocenters. The van der Waals surface area contributed by atoms with Crippen molar-refractivity contribution in [1.82, 2.24) is 20.4 Å². The summed E-state index contributed by atoms with van der Waals surface area (Å²) in [7, 11) is 0. The van der Waals surface area contributed by atoms with Crippen LogP contribution < -0.4 is 5.32 Å². The van der Waals surface area contributed by atoms with Gasteiger partial charge in [-0.05, 0) is 52.9 Å². The first-order chi connectivity index (χ1) is 11.3. The number of ether oxygens (including phenoxy) is 1. The molecule has 2 aliphatic rings. The highest BCUT2D eigenvalue weighted by Gasteiger charge is 2.44. The zero-order chi connectivity index (χ0) is 17.4. The standard InChI is InChI=1S/C17H28N4O3/c1-12-18-14(20-24-12)17(8-6-9-17)19-13-7-5-10-21(11-13)15(22)23-16(2,3)4/h13,19H,5-11H2,1-4H3. The molecule has 1 unspecified atom stereocenters. The highest BCUT2D eigenvalue weighted by atomic mass is 16.6. The van der Waals surface area contributed by atoms with E-state index in [4.69, 9.17) is 9.26 Å². The maximum absolute atomic E-state index is 12.3. The Balaban J connectivity index is 1.63. The van der Waals surface area contributed by atoms with E-state index in [1.54, 1.807) is 4.90 Å². The van der Waals surface area contributed by atoms with Gasteiger partial charge >= 0.3 is 6.09 Å². The lowest BCUT2D eigenvalue weighted by Crippen LogP contribution is -2.58. The van der Waals surface area contributed by atoms with Gasteiger partial charge in [-0.2, -0.15) is 4.98 Å². The van der Waals surface area contributed by atoms with Crippen molar-refractivity contribution in [1.29, 1.82) is 0 Å². The van der Waals surface area contributed by atoms with Crippen LogP contribution in [0.1, 0.15) is 64.6 Å². The van der Waals surface area contributed by atoms with Crippen molar-refractivity contribution >= 4 is 6.09 Å². The van der Waals surface area contributed by atoms with Crippen LogP contribution in [0.4, 0.5) is 4.79 Å². The summed E-state index contributed by atoms with van der Waals surface area (Å²) in [5.41, 5.74) is -0.659. The number of amides is 1. The summed E-state index contributed by atoms with van der Waals surface area (Å²) < 4.78 is 10.7. The molecule has 1 aromatic heterocycles. The van der Waals surface area contributed by atoms with E-state index in [2.05, 4.69) is 15.5 Å². The maximum atomic E-state index is 12.3.